The number of carbonyl (C=O) groups excluding carboxylic acids is 2. The van der Waals surface area contributed by atoms with E-state index >= 15 is 0 Å². The molecule has 0 saturated carbocycles. The van der Waals surface area contributed by atoms with Gasteiger partial charge in [-0.15, -0.1) is 0 Å². The molecule has 2 aliphatic rings. The molecule has 2 aromatic rings. The van der Waals surface area contributed by atoms with Crippen molar-refractivity contribution in [1.29, 1.82) is 0 Å². The Balaban J connectivity index is 1.68. The van der Waals surface area contributed by atoms with Gasteiger partial charge >= 0.3 is 0 Å². The summed E-state index contributed by atoms with van der Waals surface area (Å²) in [4.78, 5) is 39.5. The summed E-state index contributed by atoms with van der Waals surface area (Å²) < 4.78 is 33.7. The third-order valence-electron chi connectivity index (χ3n) is 5.49. The zero-order chi connectivity index (χ0) is 21.6. The zero-order valence-electron chi connectivity index (χ0n) is 16.0. The fraction of sp³-hybridized carbons (Fsp3) is 0.350. The molecule has 2 amide bonds. The fourth-order valence-corrected chi connectivity index (χ4v) is 3.95. The number of ether oxygens (including phenoxy) is 1. The van der Waals surface area contributed by atoms with Crippen molar-refractivity contribution in [2.75, 3.05) is 19.8 Å². The van der Waals surface area contributed by atoms with Gasteiger partial charge in [0.15, 0.2) is 11.4 Å². The Morgan fingerprint density at radius 1 is 1.27 bits per heavy atom. The van der Waals surface area contributed by atoms with Crippen LogP contribution in [0.2, 0.25) is 0 Å². The number of aromatic nitrogens is 1. The van der Waals surface area contributed by atoms with Crippen LogP contribution in [0.15, 0.2) is 29.2 Å². The molecular weight excluding hydrogens is 400 g/mol. The molecule has 158 valence electrons. The maximum absolute atomic E-state index is 13.8. The zero-order valence-corrected chi connectivity index (χ0v) is 16.0. The molecule has 1 saturated heterocycles. The minimum atomic E-state index is -1.000. The topological polar surface area (TPSA) is 101 Å². The highest BCUT2D eigenvalue weighted by Crippen LogP contribution is 2.34. The van der Waals surface area contributed by atoms with E-state index in [1.807, 2.05) is 0 Å². The maximum atomic E-state index is 13.8. The van der Waals surface area contributed by atoms with Crippen LogP contribution in [0.3, 0.4) is 0 Å². The molecule has 10 heteroatoms. The number of carbonyl (C=O) groups is 2. The number of benzene rings is 1. The number of nitrogens with one attached hydrogen (secondary N) is 1. The van der Waals surface area contributed by atoms with E-state index in [-0.39, 0.29) is 42.1 Å². The van der Waals surface area contributed by atoms with Gasteiger partial charge in [0.2, 0.25) is 5.43 Å². The van der Waals surface area contributed by atoms with Crippen LogP contribution in [0.4, 0.5) is 8.78 Å². The Hall–Kier alpha value is -3.27. The average Bonchev–Trinajstić information content (AvgIpc) is 3.19. The summed E-state index contributed by atoms with van der Waals surface area (Å²) in [5, 5.41) is 12.8. The summed E-state index contributed by atoms with van der Waals surface area (Å²) in [6.45, 7) is 2.44. The minimum Gasteiger partial charge on any atom is -0.503 e. The van der Waals surface area contributed by atoms with Crippen molar-refractivity contribution < 1.29 is 28.2 Å². The van der Waals surface area contributed by atoms with Crippen molar-refractivity contribution in [2.45, 2.75) is 25.6 Å². The first-order valence-corrected chi connectivity index (χ1v) is 9.42. The lowest BCUT2D eigenvalue weighted by molar-refractivity contribution is 0.0569. The van der Waals surface area contributed by atoms with Crippen LogP contribution >= 0.6 is 0 Å². The van der Waals surface area contributed by atoms with Gasteiger partial charge in [-0.1, -0.05) is 6.07 Å². The van der Waals surface area contributed by atoms with Crippen molar-refractivity contribution in [3.05, 3.63) is 63.1 Å². The van der Waals surface area contributed by atoms with Crippen LogP contribution in [0, 0.1) is 11.6 Å². The van der Waals surface area contributed by atoms with Crippen molar-refractivity contribution in [3.8, 4) is 5.75 Å². The first kappa shape index (κ1) is 20.0. The van der Waals surface area contributed by atoms with Crippen molar-refractivity contribution in [2.24, 2.45) is 0 Å². The van der Waals surface area contributed by atoms with E-state index in [0.717, 1.165) is 6.07 Å². The number of nitrogens with zero attached hydrogens (tertiary/aromatic N) is 2. The first-order chi connectivity index (χ1) is 14.3. The van der Waals surface area contributed by atoms with Crippen LogP contribution in [-0.2, 0) is 11.3 Å². The van der Waals surface area contributed by atoms with Crippen LogP contribution in [-0.4, -0.2) is 52.2 Å². The molecule has 2 atom stereocenters. The quantitative estimate of drug-likeness (QED) is 0.775. The molecule has 1 fully saturated rings. The van der Waals surface area contributed by atoms with Crippen LogP contribution < -0.4 is 10.7 Å². The number of pyridine rings is 1. The highest BCUT2D eigenvalue weighted by Gasteiger charge is 2.44. The van der Waals surface area contributed by atoms with Gasteiger partial charge in [-0.2, -0.15) is 0 Å². The van der Waals surface area contributed by atoms with E-state index in [2.05, 4.69) is 5.32 Å². The summed E-state index contributed by atoms with van der Waals surface area (Å²) in [7, 11) is 0. The standard InChI is InChI=1S/C20H19F2N3O5/c1-2-24-14-8-30-9-15(14)25-7-12(17(26)18(27)16(25)20(24)29)19(28)23-6-10-3-4-11(21)5-13(10)22/h3-5,7,14-15,27H,2,6,8-9H2,1H3,(H,23,28)/t14-,15+/m0/s1. The molecule has 0 aliphatic carbocycles. The Labute approximate surface area is 169 Å². The molecule has 0 bridgehead atoms. The van der Waals surface area contributed by atoms with E-state index in [1.165, 1.54) is 21.7 Å². The summed E-state index contributed by atoms with van der Waals surface area (Å²) in [5.41, 5.74) is -1.54. The van der Waals surface area contributed by atoms with Crippen molar-refractivity contribution in [3.63, 3.8) is 0 Å². The summed E-state index contributed by atoms with van der Waals surface area (Å²) in [5.74, 6) is -3.77. The highest BCUT2D eigenvalue weighted by atomic mass is 19.1. The van der Waals surface area contributed by atoms with E-state index in [4.69, 9.17) is 4.74 Å². The van der Waals surface area contributed by atoms with Gasteiger partial charge in [-0.25, -0.2) is 8.78 Å². The second-order valence-corrected chi connectivity index (χ2v) is 7.16. The number of amides is 2. The molecular formula is C20H19F2N3O5. The monoisotopic (exact) mass is 419 g/mol. The molecule has 3 heterocycles. The number of aromatic hydroxyl groups is 1. The Kier molecular flexibility index (Phi) is 5.02. The predicted octanol–water partition coefficient (Wildman–Crippen LogP) is 1.18. The number of fused-ring (bicyclic) bond motifs is 3. The molecule has 30 heavy (non-hydrogen) atoms. The molecule has 4 rings (SSSR count). The highest BCUT2D eigenvalue weighted by molar-refractivity contribution is 5.99. The maximum Gasteiger partial charge on any atom is 0.274 e. The Morgan fingerprint density at radius 2 is 2.00 bits per heavy atom. The molecule has 0 unspecified atom stereocenters. The van der Waals surface area contributed by atoms with Gasteiger partial charge in [-0.05, 0) is 13.0 Å². The number of hydrogen-bond acceptors (Lipinski definition) is 5. The third kappa shape index (κ3) is 3.13. The Bertz CT molecular complexity index is 1100. The van der Waals surface area contributed by atoms with E-state index in [0.29, 0.717) is 19.2 Å². The second-order valence-electron chi connectivity index (χ2n) is 7.16. The summed E-state index contributed by atoms with van der Waals surface area (Å²) in [6.07, 6.45) is 1.23. The van der Waals surface area contributed by atoms with Crippen LogP contribution in [0.25, 0.3) is 0 Å². The average molecular weight is 419 g/mol. The lowest BCUT2D eigenvalue weighted by Crippen LogP contribution is -2.51. The van der Waals surface area contributed by atoms with Gasteiger partial charge in [0, 0.05) is 30.9 Å². The fourth-order valence-electron chi connectivity index (χ4n) is 3.95. The molecule has 0 radical (unpaired) electrons. The second kappa shape index (κ2) is 7.52. The van der Waals surface area contributed by atoms with Gasteiger partial charge in [-0.3, -0.25) is 14.4 Å². The van der Waals surface area contributed by atoms with Gasteiger partial charge < -0.3 is 24.6 Å². The van der Waals surface area contributed by atoms with Crippen molar-refractivity contribution >= 4 is 11.8 Å². The lowest BCUT2D eigenvalue weighted by Gasteiger charge is -2.38. The summed E-state index contributed by atoms with van der Waals surface area (Å²) in [6, 6.07) is 2.29. The Morgan fingerprint density at radius 3 is 2.70 bits per heavy atom. The van der Waals surface area contributed by atoms with Gasteiger partial charge in [0.25, 0.3) is 11.8 Å². The molecule has 1 aromatic carbocycles. The van der Waals surface area contributed by atoms with Crippen molar-refractivity contribution in [1.82, 2.24) is 14.8 Å². The summed E-state index contributed by atoms with van der Waals surface area (Å²) >= 11 is 0. The molecule has 2 N–H and O–H groups in total. The van der Waals surface area contributed by atoms with Gasteiger partial charge in [0.1, 0.15) is 17.2 Å². The predicted molar refractivity (Wildman–Crippen MR) is 100 cm³/mol. The lowest BCUT2D eigenvalue weighted by atomic mass is 10.0. The molecule has 1 aromatic heterocycles. The third-order valence-corrected chi connectivity index (χ3v) is 5.49. The number of halogens is 2. The van der Waals surface area contributed by atoms with Gasteiger partial charge in [0.05, 0.1) is 25.3 Å². The normalized spacial score (nSPS) is 20.1. The number of rotatable bonds is 4. The largest absolute Gasteiger partial charge is 0.503 e. The SMILES string of the molecule is CCN1C(=O)c2c(O)c(=O)c(C(=O)NCc3ccc(F)cc3F)cn2[C@@H]2COC[C@@H]21. The number of likely N-dealkylation sites (N-methyl/N-ethyl adjacent to an activating group) is 1. The van der Waals surface area contributed by atoms with E-state index in [9.17, 15) is 28.3 Å². The van der Waals surface area contributed by atoms with Crippen LogP contribution in [0.1, 0.15) is 39.4 Å². The van der Waals surface area contributed by atoms with E-state index < -0.39 is 34.6 Å². The molecule has 2 aliphatic heterocycles. The van der Waals surface area contributed by atoms with Crippen LogP contribution in [0.5, 0.6) is 5.75 Å². The molecule has 0 spiro atoms. The first-order valence-electron chi connectivity index (χ1n) is 9.42. The minimum absolute atomic E-state index is 0.0325. The smallest absolute Gasteiger partial charge is 0.274 e. The number of hydrogen-bond donors (Lipinski definition) is 2. The molecule has 8 nitrogen and oxygen atoms in total. The van der Waals surface area contributed by atoms with E-state index in [1.54, 1.807) is 6.92 Å².